The molecular formula is C20H30O8. The van der Waals surface area contributed by atoms with Crippen LogP contribution in [0.4, 0.5) is 0 Å². The van der Waals surface area contributed by atoms with Crippen molar-refractivity contribution in [3.63, 3.8) is 0 Å². The molecule has 0 fully saturated rings. The van der Waals surface area contributed by atoms with Crippen molar-refractivity contribution in [2.75, 3.05) is 6.61 Å². The van der Waals surface area contributed by atoms with Crippen molar-refractivity contribution < 1.29 is 39.2 Å². The fourth-order valence-electron chi connectivity index (χ4n) is 2.77. The molecule has 5 atom stereocenters. The van der Waals surface area contributed by atoms with Crippen LogP contribution in [0.1, 0.15) is 41.5 Å². The quantitative estimate of drug-likeness (QED) is 0.422. The van der Waals surface area contributed by atoms with Crippen molar-refractivity contribution in [3.8, 4) is 0 Å². The number of aliphatic hydroxyl groups is 3. The van der Waals surface area contributed by atoms with E-state index >= 15 is 0 Å². The van der Waals surface area contributed by atoms with Gasteiger partial charge < -0.3 is 24.8 Å². The molecule has 0 saturated heterocycles. The Balaban J connectivity index is 3.30. The smallest absolute Gasteiger partial charge is 0.341 e. The number of Topliss-reactive ketones (excluding diaryl/α,β-unsaturated/α-hetero) is 1. The number of allylic oxidation sites excluding steroid dienone is 1. The van der Waals surface area contributed by atoms with Crippen LogP contribution in [0.25, 0.3) is 0 Å². The molecule has 0 aromatic rings. The Morgan fingerprint density at radius 2 is 1.86 bits per heavy atom. The Labute approximate surface area is 164 Å². The summed E-state index contributed by atoms with van der Waals surface area (Å²) in [6.07, 6.45) is -0.792. The van der Waals surface area contributed by atoms with Crippen LogP contribution in [-0.4, -0.2) is 63.6 Å². The Morgan fingerprint density at radius 3 is 2.29 bits per heavy atom. The van der Waals surface area contributed by atoms with Gasteiger partial charge in [0.05, 0.1) is 12.7 Å². The van der Waals surface area contributed by atoms with Crippen LogP contribution in [0, 0.1) is 11.8 Å². The molecule has 8 nitrogen and oxygen atoms in total. The van der Waals surface area contributed by atoms with Crippen LogP contribution in [0.15, 0.2) is 23.3 Å². The Morgan fingerprint density at radius 1 is 1.29 bits per heavy atom. The van der Waals surface area contributed by atoms with Gasteiger partial charge in [-0.05, 0) is 39.7 Å². The molecule has 0 bridgehead atoms. The largest absolute Gasteiger partial charge is 0.454 e. The highest BCUT2D eigenvalue weighted by Gasteiger charge is 2.48. The maximum atomic E-state index is 12.7. The molecule has 3 N–H and O–H groups in total. The van der Waals surface area contributed by atoms with Gasteiger partial charge in [-0.15, -0.1) is 0 Å². The van der Waals surface area contributed by atoms with Crippen LogP contribution >= 0.6 is 0 Å². The molecule has 1 aliphatic rings. The molecule has 1 rings (SSSR count). The third kappa shape index (κ3) is 5.06. The number of carbonyl (C=O) groups is 3. The molecule has 0 aliphatic heterocycles. The summed E-state index contributed by atoms with van der Waals surface area (Å²) in [5, 5.41) is 29.3. The predicted molar refractivity (Wildman–Crippen MR) is 100.0 cm³/mol. The molecule has 8 heteroatoms. The lowest BCUT2D eigenvalue weighted by Gasteiger charge is -2.38. The molecular weight excluding hydrogens is 368 g/mol. The van der Waals surface area contributed by atoms with E-state index in [-0.39, 0.29) is 11.5 Å². The second-order valence-corrected chi connectivity index (χ2v) is 7.53. The summed E-state index contributed by atoms with van der Waals surface area (Å²) in [5.74, 6) is -3.39. The van der Waals surface area contributed by atoms with Gasteiger partial charge in [-0.2, -0.15) is 0 Å². The maximum absolute atomic E-state index is 12.7. The zero-order chi connectivity index (χ0) is 21.8. The highest BCUT2D eigenvalue weighted by molar-refractivity contribution is 6.02. The van der Waals surface area contributed by atoms with Gasteiger partial charge in [0.1, 0.15) is 6.10 Å². The minimum Gasteiger partial charge on any atom is -0.454 e. The van der Waals surface area contributed by atoms with Crippen LogP contribution < -0.4 is 0 Å². The molecule has 0 unspecified atom stereocenters. The summed E-state index contributed by atoms with van der Waals surface area (Å²) in [5.41, 5.74) is -1.91. The number of ketones is 1. The second-order valence-electron chi connectivity index (χ2n) is 7.53. The van der Waals surface area contributed by atoms with Gasteiger partial charge in [0.15, 0.2) is 11.7 Å². The van der Waals surface area contributed by atoms with E-state index in [4.69, 9.17) is 9.47 Å². The fraction of sp³-hybridized carbons (Fsp3) is 0.650. The van der Waals surface area contributed by atoms with Crippen molar-refractivity contribution in [1.82, 2.24) is 0 Å². The standard InChI is InChI=1S/C20H30O8/c1-7-11(4)18(24)27-14-8-13(9-21)16(23)17(15(14)10(2)3)28-19(25)20(6,26)12(5)22/h7-8,10,12,14-15,17,21-22,26H,9H2,1-6H3/t12-,14-,15-,17+,20+/m1/s1. The second kappa shape index (κ2) is 9.45. The van der Waals surface area contributed by atoms with E-state index in [0.29, 0.717) is 5.57 Å². The van der Waals surface area contributed by atoms with Crippen LogP contribution in [0.2, 0.25) is 0 Å². The highest BCUT2D eigenvalue weighted by Crippen LogP contribution is 2.33. The first-order chi connectivity index (χ1) is 12.9. The molecule has 0 heterocycles. The van der Waals surface area contributed by atoms with Gasteiger partial charge in [-0.25, -0.2) is 9.59 Å². The van der Waals surface area contributed by atoms with Crippen LogP contribution in [0.5, 0.6) is 0 Å². The lowest BCUT2D eigenvalue weighted by Crippen LogP contribution is -2.53. The number of hydrogen-bond acceptors (Lipinski definition) is 8. The molecule has 28 heavy (non-hydrogen) atoms. The van der Waals surface area contributed by atoms with Gasteiger partial charge in [0, 0.05) is 17.1 Å². The van der Waals surface area contributed by atoms with E-state index in [2.05, 4.69) is 0 Å². The van der Waals surface area contributed by atoms with Gasteiger partial charge in [0.2, 0.25) is 5.78 Å². The van der Waals surface area contributed by atoms with Crippen LogP contribution in [0.3, 0.4) is 0 Å². The van der Waals surface area contributed by atoms with Gasteiger partial charge in [-0.1, -0.05) is 19.9 Å². The molecule has 0 saturated carbocycles. The Hall–Kier alpha value is -2.03. The molecule has 0 spiro atoms. The number of esters is 2. The Kier molecular flexibility index (Phi) is 8.10. The van der Waals surface area contributed by atoms with E-state index in [0.717, 1.165) is 6.92 Å². The third-order valence-corrected chi connectivity index (χ3v) is 5.07. The Bertz CT molecular complexity index is 672. The molecule has 1 aliphatic carbocycles. The zero-order valence-corrected chi connectivity index (χ0v) is 17.1. The molecule has 0 aromatic carbocycles. The summed E-state index contributed by atoms with van der Waals surface area (Å²) in [4.78, 5) is 37.3. The maximum Gasteiger partial charge on any atom is 0.341 e. The van der Waals surface area contributed by atoms with Crippen molar-refractivity contribution >= 4 is 17.7 Å². The average molecular weight is 398 g/mol. The van der Waals surface area contributed by atoms with E-state index in [1.807, 2.05) is 0 Å². The highest BCUT2D eigenvalue weighted by atomic mass is 16.6. The summed E-state index contributed by atoms with van der Waals surface area (Å²) in [6, 6.07) is 0. The van der Waals surface area contributed by atoms with Crippen LogP contribution in [-0.2, 0) is 23.9 Å². The van der Waals surface area contributed by atoms with E-state index < -0.39 is 54.2 Å². The number of carbonyl (C=O) groups excluding carboxylic acids is 3. The minimum atomic E-state index is -2.23. The van der Waals surface area contributed by atoms with Crippen molar-refractivity contribution in [2.45, 2.75) is 65.5 Å². The molecule has 158 valence electrons. The summed E-state index contributed by atoms with van der Waals surface area (Å²) in [6.45, 7) is 8.47. The van der Waals surface area contributed by atoms with E-state index in [1.165, 1.54) is 13.0 Å². The van der Waals surface area contributed by atoms with E-state index in [1.54, 1.807) is 33.8 Å². The van der Waals surface area contributed by atoms with Gasteiger partial charge in [-0.3, -0.25) is 4.79 Å². The molecule has 0 aromatic heterocycles. The number of rotatable bonds is 7. The first kappa shape index (κ1) is 24.0. The average Bonchev–Trinajstić information content (AvgIpc) is 2.62. The minimum absolute atomic E-state index is 0.0534. The number of hydrogen-bond donors (Lipinski definition) is 3. The molecule has 0 radical (unpaired) electrons. The summed E-state index contributed by atoms with van der Waals surface area (Å²) < 4.78 is 10.8. The lowest BCUT2D eigenvalue weighted by molar-refractivity contribution is -0.188. The topological polar surface area (TPSA) is 130 Å². The van der Waals surface area contributed by atoms with E-state index in [9.17, 15) is 29.7 Å². The zero-order valence-electron chi connectivity index (χ0n) is 17.1. The number of ether oxygens (including phenoxy) is 2. The fourth-order valence-corrected chi connectivity index (χ4v) is 2.77. The SMILES string of the molecule is CC=C(C)C(=O)O[C@@H]1C=C(CO)C(=O)[C@@H](OC(=O)[C@@](C)(O)[C@@H](C)O)[C@@H]1C(C)C. The van der Waals surface area contributed by atoms with Crippen molar-refractivity contribution in [1.29, 1.82) is 0 Å². The first-order valence-corrected chi connectivity index (χ1v) is 9.19. The normalized spacial score (nSPS) is 26.4. The monoisotopic (exact) mass is 398 g/mol. The van der Waals surface area contributed by atoms with Gasteiger partial charge in [0.25, 0.3) is 0 Å². The van der Waals surface area contributed by atoms with Crippen molar-refractivity contribution in [3.05, 3.63) is 23.3 Å². The molecule has 0 amide bonds. The number of aliphatic hydroxyl groups excluding tert-OH is 2. The third-order valence-electron chi connectivity index (χ3n) is 5.07. The lowest BCUT2D eigenvalue weighted by atomic mass is 9.77. The van der Waals surface area contributed by atoms with Gasteiger partial charge >= 0.3 is 11.9 Å². The summed E-state index contributed by atoms with van der Waals surface area (Å²) in [7, 11) is 0. The predicted octanol–water partition coefficient (Wildman–Crippen LogP) is 0.682. The summed E-state index contributed by atoms with van der Waals surface area (Å²) >= 11 is 0. The first-order valence-electron chi connectivity index (χ1n) is 9.19. The van der Waals surface area contributed by atoms with Crippen molar-refractivity contribution in [2.24, 2.45) is 11.8 Å².